The van der Waals surface area contributed by atoms with Crippen LogP contribution >= 0.6 is 0 Å². The molecular formula is C16H23N3O4S. The van der Waals surface area contributed by atoms with Gasteiger partial charge in [-0.05, 0) is 24.6 Å². The molecule has 0 unspecified atom stereocenters. The molecule has 1 N–H and O–H groups in total. The highest BCUT2D eigenvalue weighted by Crippen LogP contribution is 2.15. The first-order chi connectivity index (χ1) is 11.3. The second-order valence-electron chi connectivity index (χ2n) is 5.77. The van der Waals surface area contributed by atoms with Gasteiger partial charge in [0, 0.05) is 44.4 Å². The average molecular weight is 353 g/mol. The van der Waals surface area contributed by atoms with Gasteiger partial charge in [0.25, 0.3) is 5.91 Å². The molecule has 0 saturated carbocycles. The number of hydrogen-bond donors (Lipinski definition) is 1. The Bertz CT molecular complexity index is 710. The summed E-state index contributed by atoms with van der Waals surface area (Å²) >= 11 is 0. The van der Waals surface area contributed by atoms with Gasteiger partial charge in [0.2, 0.25) is 15.9 Å². The monoisotopic (exact) mass is 353 g/mol. The number of amides is 2. The molecule has 1 aliphatic heterocycles. The lowest BCUT2D eigenvalue weighted by molar-refractivity contribution is -0.114. The Morgan fingerprint density at radius 1 is 1.17 bits per heavy atom. The second kappa shape index (κ2) is 7.76. The smallest absolute Gasteiger partial charge is 0.254 e. The molecule has 1 aromatic carbocycles. The van der Waals surface area contributed by atoms with Crippen LogP contribution in [-0.2, 0) is 14.8 Å². The van der Waals surface area contributed by atoms with Crippen molar-refractivity contribution >= 4 is 27.5 Å². The lowest BCUT2D eigenvalue weighted by atomic mass is 10.1. The molecule has 24 heavy (non-hydrogen) atoms. The van der Waals surface area contributed by atoms with Crippen LogP contribution in [0.3, 0.4) is 0 Å². The van der Waals surface area contributed by atoms with E-state index in [0.717, 1.165) is 0 Å². The maximum absolute atomic E-state index is 12.6. The zero-order valence-electron chi connectivity index (χ0n) is 14.0. The highest BCUT2D eigenvalue weighted by molar-refractivity contribution is 7.89. The molecule has 0 aromatic heterocycles. The van der Waals surface area contributed by atoms with E-state index in [1.807, 2.05) is 6.92 Å². The van der Waals surface area contributed by atoms with Crippen molar-refractivity contribution in [1.29, 1.82) is 0 Å². The van der Waals surface area contributed by atoms with E-state index in [-0.39, 0.29) is 17.6 Å². The van der Waals surface area contributed by atoms with Gasteiger partial charge in [0.05, 0.1) is 5.75 Å². The molecule has 0 atom stereocenters. The molecule has 1 fully saturated rings. The van der Waals surface area contributed by atoms with Crippen molar-refractivity contribution in [2.75, 3.05) is 37.2 Å². The topological polar surface area (TPSA) is 86.8 Å². The molecule has 1 saturated heterocycles. The molecule has 0 bridgehead atoms. The number of hydrogen-bond acceptors (Lipinski definition) is 4. The van der Waals surface area contributed by atoms with Crippen LogP contribution in [0.25, 0.3) is 0 Å². The summed E-state index contributed by atoms with van der Waals surface area (Å²) in [4.78, 5) is 25.3. The first-order valence-electron chi connectivity index (χ1n) is 7.98. The summed E-state index contributed by atoms with van der Waals surface area (Å²) in [5.74, 6) is -0.219. The van der Waals surface area contributed by atoms with E-state index >= 15 is 0 Å². The van der Waals surface area contributed by atoms with E-state index in [1.165, 1.54) is 11.2 Å². The second-order valence-corrected chi connectivity index (χ2v) is 7.86. The predicted octanol–water partition coefficient (Wildman–Crippen LogP) is 1.14. The van der Waals surface area contributed by atoms with E-state index in [1.54, 1.807) is 29.2 Å². The van der Waals surface area contributed by atoms with Crippen molar-refractivity contribution in [2.24, 2.45) is 0 Å². The predicted molar refractivity (Wildman–Crippen MR) is 92.3 cm³/mol. The Balaban J connectivity index is 2.02. The number of piperazine rings is 1. The third kappa shape index (κ3) is 4.55. The standard InChI is InChI=1S/C16H23N3O4S/c1-3-11-24(22,23)19-9-7-18(8-10-19)16(21)14-5-4-6-15(12-14)17-13(2)20/h4-6,12H,3,7-11H2,1-2H3,(H,17,20). The Labute approximate surface area is 142 Å². The maximum Gasteiger partial charge on any atom is 0.254 e. The van der Waals surface area contributed by atoms with Gasteiger partial charge >= 0.3 is 0 Å². The largest absolute Gasteiger partial charge is 0.336 e. The fourth-order valence-corrected chi connectivity index (χ4v) is 4.17. The van der Waals surface area contributed by atoms with Crippen molar-refractivity contribution in [3.8, 4) is 0 Å². The van der Waals surface area contributed by atoms with Crippen LogP contribution in [-0.4, -0.2) is 61.4 Å². The minimum Gasteiger partial charge on any atom is -0.336 e. The zero-order chi connectivity index (χ0) is 17.7. The van der Waals surface area contributed by atoms with Crippen LogP contribution in [0.1, 0.15) is 30.6 Å². The minimum absolute atomic E-state index is 0.139. The number of carbonyl (C=O) groups is 2. The number of anilines is 1. The van der Waals surface area contributed by atoms with Crippen LogP contribution in [0.5, 0.6) is 0 Å². The SMILES string of the molecule is CCCS(=O)(=O)N1CCN(C(=O)c2cccc(NC(C)=O)c2)CC1. The van der Waals surface area contributed by atoms with Crippen LogP contribution in [0.2, 0.25) is 0 Å². The summed E-state index contributed by atoms with van der Waals surface area (Å²) < 4.78 is 25.6. The molecule has 7 nitrogen and oxygen atoms in total. The van der Waals surface area contributed by atoms with Gasteiger partial charge in [0.15, 0.2) is 0 Å². The Morgan fingerprint density at radius 2 is 1.83 bits per heavy atom. The highest BCUT2D eigenvalue weighted by atomic mass is 32.2. The van der Waals surface area contributed by atoms with Gasteiger partial charge in [-0.3, -0.25) is 9.59 Å². The van der Waals surface area contributed by atoms with Crippen LogP contribution < -0.4 is 5.32 Å². The van der Waals surface area contributed by atoms with Crippen molar-refractivity contribution < 1.29 is 18.0 Å². The van der Waals surface area contributed by atoms with E-state index in [0.29, 0.717) is 43.9 Å². The first-order valence-corrected chi connectivity index (χ1v) is 9.59. The molecule has 1 heterocycles. The van der Waals surface area contributed by atoms with Gasteiger partial charge in [-0.1, -0.05) is 13.0 Å². The zero-order valence-corrected chi connectivity index (χ0v) is 14.8. The van der Waals surface area contributed by atoms with Crippen LogP contribution in [0, 0.1) is 0 Å². The Kier molecular flexibility index (Phi) is 5.95. The Hall–Kier alpha value is -1.93. The van der Waals surface area contributed by atoms with E-state index in [4.69, 9.17) is 0 Å². The van der Waals surface area contributed by atoms with E-state index < -0.39 is 10.0 Å². The van der Waals surface area contributed by atoms with Crippen LogP contribution in [0.4, 0.5) is 5.69 Å². The van der Waals surface area contributed by atoms with Gasteiger partial charge in [-0.15, -0.1) is 0 Å². The molecule has 2 amide bonds. The molecule has 2 rings (SSSR count). The lowest BCUT2D eigenvalue weighted by Crippen LogP contribution is -2.51. The normalized spacial score (nSPS) is 16.0. The fraction of sp³-hybridized carbons (Fsp3) is 0.500. The highest BCUT2D eigenvalue weighted by Gasteiger charge is 2.28. The van der Waals surface area contributed by atoms with Crippen molar-refractivity contribution in [2.45, 2.75) is 20.3 Å². The number of rotatable bonds is 5. The number of benzene rings is 1. The Morgan fingerprint density at radius 3 is 2.42 bits per heavy atom. The molecule has 0 spiro atoms. The minimum atomic E-state index is -3.22. The van der Waals surface area contributed by atoms with Crippen molar-refractivity contribution in [3.05, 3.63) is 29.8 Å². The fourth-order valence-electron chi connectivity index (χ4n) is 2.67. The molecule has 1 aromatic rings. The summed E-state index contributed by atoms with van der Waals surface area (Å²) in [6, 6.07) is 6.74. The number of nitrogens with zero attached hydrogens (tertiary/aromatic N) is 2. The number of carbonyl (C=O) groups excluding carboxylic acids is 2. The molecule has 132 valence electrons. The van der Waals surface area contributed by atoms with Crippen LogP contribution in [0.15, 0.2) is 24.3 Å². The van der Waals surface area contributed by atoms with E-state index in [2.05, 4.69) is 5.32 Å². The third-order valence-electron chi connectivity index (χ3n) is 3.81. The average Bonchev–Trinajstić information content (AvgIpc) is 2.54. The lowest BCUT2D eigenvalue weighted by Gasteiger charge is -2.34. The maximum atomic E-state index is 12.6. The molecule has 0 radical (unpaired) electrons. The summed E-state index contributed by atoms with van der Waals surface area (Å²) in [5, 5.41) is 2.65. The molecular weight excluding hydrogens is 330 g/mol. The van der Waals surface area contributed by atoms with Gasteiger partial charge in [0.1, 0.15) is 0 Å². The van der Waals surface area contributed by atoms with Gasteiger partial charge < -0.3 is 10.2 Å². The van der Waals surface area contributed by atoms with E-state index in [9.17, 15) is 18.0 Å². The van der Waals surface area contributed by atoms with Crippen molar-refractivity contribution in [3.63, 3.8) is 0 Å². The summed E-state index contributed by atoms with van der Waals surface area (Å²) in [7, 11) is -3.22. The van der Waals surface area contributed by atoms with Gasteiger partial charge in [-0.2, -0.15) is 4.31 Å². The molecule has 8 heteroatoms. The summed E-state index contributed by atoms with van der Waals surface area (Å²) in [6.45, 7) is 4.61. The quantitative estimate of drug-likeness (QED) is 0.860. The first kappa shape index (κ1) is 18.4. The van der Waals surface area contributed by atoms with Gasteiger partial charge in [-0.25, -0.2) is 8.42 Å². The summed E-state index contributed by atoms with van der Waals surface area (Å²) in [5.41, 5.74) is 1.05. The van der Waals surface area contributed by atoms with Crippen molar-refractivity contribution in [1.82, 2.24) is 9.21 Å². The summed E-state index contributed by atoms with van der Waals surface area (Å²) in [6.07, 6.45) is 0.581. The third-order valence-corrected chi connectivity index (χ3v) is 5.89. The molecule has 0 aliphatic carbocycles. The number of sulfonamides is 1. The molecule has 1 aliphatic rings. The number of nitrogens with one attached hydrogen (secondary N) is 1.